The maximum absolute atomic E-state index is 11.9. The maximum atomic E-state index is 11.9. The van der Waals surface area contributed by atoms with Gasteiger partial charge in [0.1, 0.15) is 0 Å². The largest absolute Gasteiger partial charge is 0.355 e. The Balaban J connectivity index is 1.49. The molecule has 0 radical (unpaired) electrons. The second-order valence-electron chi connectivity index (χ2n) is 5.40. The number of aromatic nitrogens is 1. The van der Waals surface area contributed by atoms with Crippen LogP contribution in [0.25, 0.3) is 0 Å². The number of hydrogen-bond acceptors (Lipinski definition) is 4. The third-order valence-electron chi connectivity index (χ3n) is 3.59. The minimum Gasteiger partial charge on any atom is -0.355 e. The number of rotatable bonds is 6. The van der Waals surface area contributed by atoms with Crippen molar-refractivity contribution in [2.75, 3.05) is 19.6 Å². The summed E-state index contributed by atoms with van der Waals surface area (Å²) in [5.74, 6) is 0.663. The number of benzene rings is 1. The van der Waals surface area contributed by atoms with E-state index < -0.39 is 0 Å². The number of amides is 1. The highest BCUT2D eigenvalue weighted by atomic mass is 32.1. The Morgan fingerprint density at radius 2 is 2.14 bits per heavy atom. The zero-order valence-corrected chi connectivity index (χ0v) is 12.7. The fourth-order valence-corrected chi connectivity index (χ4v) is 3.09. The van der Waals surface area contributed by atoms with Gasteiger partial charge in [-0.3, -0.25) is 4.79 Å². The second kappa shape index (κ2) is 6.83. The van der Waals surface area contributed by atoms with Gasteiger partial charge < -0.3 is 10.6 Å². The van der Waals surface area contributed by atoms with E-state index in [-0.39, 0.29) is 5.91 Å². The molecule has 0 atom stereocenters. The molecule has 2 heterocycles. The lowest BCUT2D eigenvalue weighted by atomic mass is 10.0. The molecule has 1 aromatic carbocycles. The summed E-state index contributed by atoms with van der Waals surface area (Å²) >= 11 is 1.63. The summed E-state index contributed by atoms with van der Waals surface area (Å²) in [6.45, 7) is 2.79. The molecule has 0 unspecified atom stereocenters. The van der Waals surface area contributed by atoms with Crippen molar-refractivity contribution in [2.45, 2.75) is 12.8 Å². The number of carbonyl (C=O) groups is 1. The molecule has 1 amide bonds. The number of thiazole rings is 1. The van der Waals surface area contributed by atoms with Crippen molar-refractivity contribution in [3.63, 3.8) is 0 Å². The molecule has 4 nitrogen and oxygen atoms in total. The van der Waals surface area contributed by atoms with Gasteiger partial charge in [-0.05, 0) is 5.56 Å². The lowest BCUT2D eigenvalue weighted by Crippen LogP contribution is -2.48. The van der Waals surface area contributed by atoms with E-state index in [2.05, 4.69) is 27.8 Å². The maximum Gasteiger partial charge on any atom is 0.226 e. The Labute approximate surface area is 128 Å². The fourth-order valence-electron chi connectivity index (χ4n) is 2.26. The van der Waals surface area contributed by atoms with Crippen LogP contribution < -0.4 is 10.6 Å². The van der Waals surface area contributed by atoms with Crippen LogP contribution in [0.4, 0.5) is 0 Å². The fraction of sp³-hybridized carbons (Fsp3) is 0.375. The van der Waals surface area contributed by atoms with E-state index in [1.54, 1.807) is 11.3 Å². The van der Waals surface area contributed by atoms with Crippen molar-refractivity contribution >= 4 is 17.2 Å². The first kappa shape index (κ1) is 14.2. The summed E-state index contributed by atoms with van der Waals surface area (Å²) in [5.41, 5.74) is 2.12. The summed E-state index contributed by atoms with van der Waals surface area (Å²) in [6.07, 6.45) is 1.21. The van der Waals surface area contributed by atoms with E-state index in [4.69, 9.17) is 0 Å². The molecule has 110 valence electrons. The highest BCUT2D eigenvalue weighted by Crippen LogP contribution is 2.15. The average molecular weight is 301 g/mol. The Hall–Kier alpha value is -1.72. The lowest BCUT2D eigenvalue weighted by Gasteiger charge is -2.26. The number of nitrogens with one attached hydrogen (secondary N) is 2. The Kier molecular flexibility index (Phi) is 4.62. The molecule has 0 bridgehead atoms. The molecule has 3 rings (SSSR count). The van der Waals surface area contributed by atoms with Gasteiger partial charge in [0.05, 0.1) is 17.1 Å². The van der Waals surface area contributed by atoms with Crippen LogP contribution in [0.3, 0.4) is 0 Å². The van der Waals surface area contributed by atoms with Crippen molar-refractivity contribution in [3.05, 3.63) is 52.0 Å². The molecule has 0 saturated carbocycles. The zero-order chi connectivity index (χ0) is 14.5. The quantitative estimate of drug-likeness (QED) is 0.852. The summed E-state index contributed by atoms with van der Waals surface area (Å²) in [6, 6.07) is 10.3. The summed E-state index contributed by atoms with van der Waals surface area (Å²) in [7, 11) is 0. The number of carbonyl (C=O) groups excluding carboxylic acids is 1. The molecular formula is C16H19N3OS. The molecule has 1 aliphatic rings. The molecule has 0 aliphatic carbocycles. The lowest BCUT2D eigenvalue weighted by molar-refractivity contribution is -0.120. The van der Waals surface area contributed by atoms with Gasteiger partial charge in [-0.2, -0.15) is 0 Å². The van der Waals surface area contributed by atoms with Crippen LogP contribution in [0.1, 0.15) is 16.3 Å². The van der Waals surface area contributed by atoms with Crippen molar-refractivity contribution in [2.24, 2.45) is 5.92 Å². The molecule has 0 spiro atoms. The van der Waals surface area contributed by atoms with Crippen LogP contribution in [0.5, 0.6) is 0 Å². The molecule has 2 N–H and O–H groups in total. The minimum atomic E-state index is 0.0680. The molecule has 5 heteroatoms. The summed E-state index contributed by atoms with van der Waals surface area (Å²) < 4.78 is 0. The summed E-state index contributed by atoms with van der Waals surface area (Å²) in [4.78, 5) is 16.4. The first-order valence-electron chi connectivity index (χ1n) is 7.24. The Morgan fingerprint density at radius 1 is 1.33 bits per heavy atom. The Morgan fingerprint density at radius 3 is 2.86 bits per heavy atom. The monoisotopic (exact) mass is 301 g/mol. The van der Waals surface area contributed by atoms with E-state index in [0.717, 1.165) is 36.8 Å². The Bertz CT molecular complexity index is 593. The normalized spacial score (nSPS) is 14.7. The molecular weight excluding hydrogens is 282 g/mol. The van der Waals surface area contributed by atoms with E-state index in [0.29, 0.717) is 12.3 Å². The van der Waals surface area contributed by atoms with Gasteiger partial charge in [-0.25, -0.2) is 4.98 Å². The SMILES string of the molecule is O=C(Cc1csc(Cc2ccccc2)n1)NCC1CNC1. The van der Waals surface area contributed by atoms with E-state index in [1.807, 2.05) is 23.6 Å². The van der Waals surface area contributed by atoms with Gasteiger partial charge in [-0.15, -0.1) is 11.3 Å². The molecule has 1 saturated heterocycles. The standard InChI is InChI=1S/C16H19N3OS/c20-15(18-10-13-8-17-9-13)7-14-11-21-16(19-14)6-12-4-2-1-3-5-12/h1-5,11,13,17H,6-10H2,(H,18,20). The molecule has 1 aliphatic heterocycles. The third kappa shape index (κ3) is 4.12. The minimum absolute atomic E-state index is 0.0680. The molecule has 1 fully saturated rings. The van der Waals surface area contributed by atoms with Gasteiger partial charge in [0, 0.05) is 37.4 Å². The molecule has 2 aromatic rings. The van der Waals surface area contributed by atoms with Crippen molar-refractivity contribution in [1.29, 1.82) is 0 Å². The van der Waals surface area contributed by atoms with Gasteiger partial charge in [0.25, 0.3) is 0 Å². The number of hydrogen-bond donors (Lipinski definition) is 2. The van der Waals surface area contributed by atoms with E-state index in [1.165, 1.54) is 5.56 Å². The van der Waals surface area contributed by atoms with Crippen LogP contribution in [-0.2, 0) is 17.6 Å². The van der Waals surface area contributed by atoms with Gasteiger partial charge in [-0.1, -0.05) is 30.3 Å². The third-order valence-corrected chi connectivity index (χ3v) is 4.49. The van der Waals surface area contributed by atoms with Crippen molar-refractivity contribution in [1.82, 2.24) is 15.6 Å². The zero-order valence-electron chi connectivity index (χ0n) is 11.8. The van der Waals surface area contributed by atoms with Crippen LogP contribution in [0, 0.1) is 5.92 Å². The number of nitrogens with zero attached hydrogens (tertiary/aromatic N) is 1. The predicted molar refractivity (Wildman–Crippen MR) is 84.4 cm³/mol. The van der Waals surface area contributed by atoms with Crippen LogP contribution in [-0.4, -0.2) is 30.5 Å². The smallest absolute Gasteiger partial charge is 0.226 e. The summed E-state index contributed by atoms with van der Waals surface area (Å²) in [5, 5.41) is 9.23. The van der Waals surface area contributed by atoms with Crippen molar-refractivity contribution < 1.29 is 4.79 Å². The highest BCUT2D eigenvalue weighted by Gasteiger charge is 2.17. The van der Waals surface area contributed by atoms with Crippen LogP contribution >= 0.6 is 11.3 Å². The first-order chi connectivity index (χ1) is 10.3. The van der Waals surface area contributed by atoms with Gasteiger partial charge in [0.15, 0.2) is 0 Å². The van der Waals surface area contributed by atoms with Gasteiger partial charge >= 0.3 is 0 Å². The highest BCUT2D eigenvalue weighted by molar-refractivity contribution is 7.09. The van der Waals surface area contributed by atoms with Crippen LogP contribution in [0.15, 0.2) is 35.7 Å². The topological polar surface area (TPSA) is 54.0 Å². The van der Waals surface area contributed by atoms with E-state index >= 15 is 0 Å². The predicted octanol–water partition coefficient (Wildman–Crippen LogP) is 1.61. The average Bonchev–Trinajstić information content (AvgIpc) is 2.85. The molecule has 1 aromatic heterocycles. The second-order valence-corrected chi connectivity index (χ2v) is 6.34. The van der Waals surface area contributed by atoms with Crippen LogP contribution in [0.2, 0.25) is 0 Å². The molecule has 21 heavy (non-hydrogen) atoms. The first-order valence-corrected chi connectivity index (χ1v) is 8.12. The van der Waals surface area contributed by atoms with Gasteiger partial charge in [0.2, 0.25) is 5.91 Å². The van der Waals surface area contributed by atoms with E-state index in [9.17, 15) is 4.79 Å². The van der Waals surface area contributed by atoms with Crippen molar-refractivity contribution in [3.8, 4) is 0 Å².